The normalized spacial score (nSPS) is 12.3. The fourth-order valence-electron chi connectivity index (χ4n) is 2.75. The molecule has 0 radical (unpaired) electrons. The van der Waals surface area contributed by atoms with Crippen molar-refractivity contribution in [2.45, 2.75) is 39.7 Å². The maximum absolute atomic E-state index is 8.88. The molecule has 19 nitrogen and oxygen atoms in total. The summed E-state index contributed by atoms with van der Waals surface area (Å²) < 4.78 is 35.5. The summed E-state index contributed by atoms with van der Waals surface area (Å²) in [5.74, 6) is 0. The SMILES string of the molecule is CCN(CC)CCCC(C)Nc1ccnc2cc(Cl)ccc12.O=P(O)(O)O.O=P(O)(O)O.O=P(O)(O)O.O=P(O)(O)O. The number of hydrogen-bond acceptors (Lipinski definition) is 7. The summed E-state index contributed by atoms with van der Waals surface area (Å²) >= 11 is 6.04. The van der Waals surface area contributed by atoms with E-state index < -0.39 is 31.3 Å². The minimum Gasteiger partial charge on any atom is -0.382 e. The Balaban J connectivity index is -0.000000617. The zero-order valence-corrected chi connectivity index (χ0v) is 26.9. The maximum atomic E-state index is 8.88. The first-order valence-electron chi connectivity index (χ1n) is 11.3. The van der Waals surface area contributed by atoms with Crippen LogP contribution in [0.1, 0.15) is 33.6 Å². The Morgan fingerprint density at radius 3 is 1.57 bits per heavy atom. The van der Waals surface area contributed by atoms with Crippen LogP contribution in [-0.2, 0) is 18.3 Å². The summed E-state index contributed by atoms with van der Waals surface area (Å²) in [6, 6.07) is 8.35. The molecule has 1 aromatic carbocycles. The molecule has 42 heavy (non-hydrogen) atoms. The molecule has 248 valence electrons. The first-order chi connectivity index (χ1) is 18.6. The highest BCUT2D eigenvalue weighted by Crippen LogP contribution is 2.27. The van der Waals surface area contributed by atoms with E-state index >= 15 is 0 Å². The van der Waals surface area contributed by atoms with Crippen LogP contribution in [0.4, 0.5) is 5.69 Å². The van der Waals surface area contributed by atoms with Crippen LogP contribution in [-0.4, -0.2) is 94.3 Å². The molecule has 1 atom stereocenters. The molecule has 0 aliphatic carbocycles. The average molecular weight is 712 g/mol. The molecule has 0 aliphatic heterocycles. The van der Waals surface area contributed by atoms with Gasteiger partial charge in [0.2, 0.25) is 0 Å². The Morgan fingerprint density at radius 1 is 0.786 bits per heavy atom. The Hall–Kier alpha value is -0.880. The lowest BCUT2D eigenvalue weighted by atomic mass is 10.1. The zero-order chi connectivity index (χ0) is 33.9. The highest BCUT2D eigenvalue weighted by molar-refractivity contribution is 7.45. The van der Waals surface area contributed by atoms with Gasteiger partial charge in [-0.2, -0.15) is 0 Å². The van der Waals surface area contributed by atoms with Crippen LogP contribution in [0.15, 0.2) is 30.5 Å². The van der Waals surface area contributed by atoms with Crippen molar-refractivity contribution in [1.29, 1.82) is 0 Å². The molecule has 0 saturated heterocycles. The van der Waals surface area contributed by atoms with Crippen LogP contribution in [0.25, 0.3) is 10.9 Å². The van der Waals surface area contributed by atoms with Gasteiger partial charge >= 0.3 is 31.3 Å². The predicted molar refractivity (Wildman–Crippen MR) is 154 cm³/mol. The van der Waals surface area contributed by atoms with Crippen molar-refractivity contribution in [3.8, 4) is 0 Å². The quantitative estimate of drug-likeness (QED) is 0.170. The van der Waals surface area contributed by atoms with E-state index in [1.165, 1.54) is 13.0 Å². The van der Waals surface area contributed by atoms with Crippen molar-refractivity contribution in [1.82, 2.24) is 9.88 Å². The van der Waals surface area contributed by atoms with E-state index in [1.807, 2.05) is 30.5 Å². The predicted octanol–water partition coefficient (Wildman–Crippen LogP) is 1.10. The third-order valence-corrected chi connectivity index (χ3v) is 4.35. The fraction of sp³-hybridized carbons (Fsp3) is 0.500. The van der Waals surface area contributed by atoms with Gasteiger partial charge in [-0.15, -0.1) is 0 Å². The van der Waals surface area contributed by atoms with Gasteiger partial charge in [-0.3, -0.25) is 4.98 Å². The number of nitrogens with zero attached hydrogens (tertiary/aromatic N) is 2. The summed E-state index contributed by atoms with van der Waals surface area (Å²) in [4.78, 5) is 93.1. The van der Waals surface area contributed by atoms with E-state index in [-0.39, 0.29) is 0 Å². The monoisotopic (exact) mass is 711 g/mol. The molecule has 0 amide bonds. The molecule has 1 aromatic heterocycles. The molecule has 0 bridgehead atoms. The summed E-state index contributed by atoms with van der Waals surface area (Å²) in [5.41, 5.74) is 2.07. The lowest BCUT2D eigenvalue weighted by Crippen LogP contribution is -2.25. The van der Waals surface area contributed by atoms with E-state index in [0.29, 0.717) is 6.04 Å². The summed E-state index contributed by atoms with van der Waals surface area (Å²) in [6.07, 6.45) is 4.21. The average Bonchev–Trinajstić information content (AvgIpc) is 2.72. The number of hydrogen-bond donors (Lipinski definition) is 13. The Morgan fingerprint density at radius 2 is 1.19 bits per heavy atom. The molecule has 1 unspecified atom stereocenters. The topological polar surface area (TPSA) is 339 Å². The molecule has 0 saturated carbocycles. The van der Waals surface area contributed by atoms with Crippen molar-refractivity contribution in [3.63, 3.8) is 0 Å². The number of aromatic nitrogens is 1. The van der Waals surface area contributed by atoms with E-state index in [1.54, 1.807) is 0 Å². The molecule has 0 aliphatic rings. The minimum absolute atomic E-state index is 0.442. The number of anilines is 1. The van der Waals surface area contributed by atoms with Crippen molar-refractivity contribution in [3.05, 3.63) is 35.5 Å². The Bertz CT molecular complexity index is 1100. The lowest BCUT2D eigenvalue weighted by Gasteiger charge is -2.20. The van der Waals surface area contributed by atoms with Crippen LogP contribution in [0, 0.1) is 0 Å². The number of phosphoric acid groups is 4. The molecular weight excluding hydrogens is 674 g/mol. The number of benzene rings is 1. The standard InChI is InChI=1S/C18H26ClN3.4H3O4P/c1-4-22(5-2)12-6-7-14(3)21-17-10-11-20-18-13-15(19)8-9-16(17)18;4*1-5(2,3)4/h8-11,13-14H,4-7,12H2,1-3H3,(H,20,21);4*(H3,1,2,3,4). The van der Waals surface area contributed by atoms with Gasteiger partial charge < -0.3 is 68.9 Å². The van der Waals surface area contributed by atoms with Crippen molar-refractivity contribution in [2.75, 3.05) is 25.0 Å². The summed E-state index contributed by atoms with van der Waals surface area (Å²) in [6.45, 7) is 10.1. The van der Waals surface area contributed by atoms with Gasteiger partial charge in [0.25, 0.3) is 0 Å². The van der Waals surface area contributed by atoms with E-state index in [2.05, 4.69) is 36.0 Å². The number of halogens is 1. The number of pyridine rings is 1. The van der Waals surface area contributed by atoms with Gasteiger partial charge in [-0.1, -0.05) is 25.4 Å². The van der Waals surface area contributed by atoms with Gasteiger partial charge in [-0.05, 0) is 63.7 Å². The smallest absolute Gasteiger partial charge is 0.382 e. The molecule has 2 rings (SSSR count). The molecular formula is C18H38ClN3O16P4. The van der Waals surface area contributed by atoms with Crippen LogP contribution < -0.4 is 5.32 Å². The second-order valence-electron chi connectivity index (χ2n) is 7.79. The van der Waals surface area contributed by atoms with Crippen molar-refractivity contribution < 1.29 is 77.0 Å². The summed E-state index contributed by atoms with van der Waals surface area (Å²) in [7, 11) is -18.6. The highest BCUT2D eigenvalue weighted by Gasteiger charge is 2.08. The van der Waals surface area contributed by atoms with Gasteiger partial charge in [0.05, 0.1) is 5.52 Å². The minimum atomic E-state index is -4.64. The van der Waals surface area contributed by atoms with Gasteiger partial charge in [0.15, 0.2) is 0 Å². The molecule has 13 N–H and O–H groups in total. The largest absolute Gasteiger partial charge is 0.466 e. The molecule has 0 fully saturated rings. The zero-order valence-electron chi connectivity index (χ0n) is 22.6. The third kappa shape index (κ3) is 43.6. The van der Waals surface area contributed by atoms with Crippen LogP contribution >= 0.6 is 42.9 Å². The molecule has 2 aromatic rings. The van der Waals surface area contributed by atoms with Crippen molar-refractivity contribution >= 4 is 59.5 Å². The number of rotatable bonds is 8. The summed E-state index contributed by atoms with van der Waals surface area (Å²) in [5, 5.41) is 5.47. The molecule has 24 heteroatoms. The lowest BCUT2D eigenvalue weighted by molar-refractivity contribution is 0.272. The van der Waals surface area contributed by atoms with Gasteiger partial charge in [-0.25, -0.2) is 18.3 Å². The van der Waals surface area contributed by atoms with Gasteiger partial charge in [0.1, 0.15) is 0 Å². The van der Waals surface area contributed by atoms with Crippen LogP contribution in [0.3, 0.4) is 0 Å². The van der Waals surface area contributed by atoms with Crippen LogP contribution in [0.2, 0.25) is 5.02 Å². The number of nitrogens with one attached hydrogen (secondary N) is 1. The van der Waals surface area contributed by atoms with Crippen molar-refractivity contribution in [2.24, 2.45) is 0 Å². The van der Waals surface area contributed by atoms with E-state index in [4.69, 9.17) is 88.6 Å². The third-order valence-electron chi connectivity index (χ3n) is 4.11. The van der Waals surface area contributed by atoms with E-state index in [9.17, 15) is 0 Å². The molecule has 0 spiro atoms. The van der Waals surface area contributed by atoms with E-state index in [0.717, 1.165) is 41.1 Å². The van der Waals surface area contributed by atoms with Crippen LogP contribution in [0.5, 0.6) is 0 Å². The second kappa shape index (κ2) is 21.8. The fourth-order valence-corrected chi connectivity index (χ4v) is 2.91. The number of fused-ring (bicyclic) bond motifs is 1. The first kappa shape index (κ1) is 45.5. The first-order valence-corrected chi connectivity index (χ1v) is 17.9. The maximum Gasteiger partial charge on any atom is 0.466 e. The molecule has 1 heterocycles. The van der Waals surface area contributed by atoms with Gasteiger partial charge in [0, 0.05) is 28.3 Å². The Labute approximate surface area is 246 Å². The highest BCUT2D eigenvalue weighted by atomic mass is 35.5. The Kier molecular flexibility index (Phi) is 23.6. The second-order valence-corrected chi connectivity index (χ2v) is 12.3.